The SMILES string of the molecule is Nc1ccc(CCC(=O)Nc2cc(F)c(F)c(F)c2)cc1. The van der Waals surface area contributed by atoms with Gasteiger partial charge in [0.25, 0.3) is 0 Å². The number of carbonyl (C=O) groups is 1. The van der Waals surface area contributed by atoms with Crippen molar-refractivity contribution >= 4 is 17.3 Å². The molecule has 0 fully saturated rings. The average Bonchev–Trinajstić information content (AvgIpc) is 2.44. The van der Waals surface area contributed by atoms with E-state index in [9.17, 15) is 18.0 Å². The topological polar surface area (TPSA) is 55.1 Å². The zero-order valence-corrected chi connectivity index (χ0v) is 11.0. The van der Waals surface area contributed by atoms with Crippen LogP contribution in [-0.4, -0.2) is 5.91 Å². The van der Waals surface area contributed by atoms with Gasteiger partial charge in [0.15, 0.2) is 17.5 Å². The Morgan fingerprint density at radius 1 is 1.05 bits per heavy atom. The third kappa shape index (κ3) is 3.98. The fourth-order valence-electron chi connectivity index (χ4n) is 1.79. The number of amides is 1. The monoisotopic (exact) mass is 294 g/mol. The van der Waals surface area contributed by atoms with Crippen LogP contribution in [0.15, 0.2) is 36.4 Å². The van der Waals surface area contributed by atoms with Crippen LogP contribution < -0.4 is 11.1 Å². The van der Waals surface area contributed by atoms with Crippen molar-refractivity contribution < 1.29 is 18.0 Å². The third-order valence-electron chi connectivity index (χ3n) is 2.89. The van der Waals surface area contributed by atoms with Gasteiger partial charge in [-0.15, -0.1) is 0 Å². The number of anilines is 2. The first-order chi connectivity index (χ1) is 9.95. The van der Waals surface area contributed by atoms with Crippen molar-refractivity contribution in [2.24, 2.45) is 0 Å². The smallest absolute Gasteiger partial charge is 0.224 e. The van der Waals surface area contributed by atoms with Crippen LogP contribution in [0.1, 0.15) is 12.0 Å². The second-order valence-corrected chi connectivity index (χ2v) is 4.54. The molecule has 0 radical (unpaired) electrons. The van der Waals surface area contributed by atoms with Crippen LogP contribution in [-0.2, 0) is 11.2 Å². The first-order valence-electron chi connectivity index (χ1n) is 6.24. The molecule has 2 aromatic carbocycles. The summed E-state index contributed by atoms with van der Waals surface area (Å²) in [4.78, 5) is 11.7. The average molecular weight is 294 g/mol. The summed E-state index contributed by atoms with van der Waals surface area (Å²) in [5, 5.41) is 2.32. The maximum absolute atomic E-state index is 13.0. The molecule has 21 heavy (non-hydrogen) atoms. The molecule has 3 N–H and O–H groups in total. The highest BCUT2D eigenvalue weighted by molar-refractivity contribution is 5.90. The van der Waals surface area contributed by atoms with E-state index in [-0.39, 0.29) is 12.1 Å². The summed E-state index contributed by atoms with van der Waals surface area (Å²) >= 11 is 0. The van der Waals surface area contributed by atoms with E-state index in [0.717, 1.165) is 17.7 Å². The number of halogens is 3. The van der Waals surface area contributed by atoms with Crippen molar-refractivity contribution in [3.05, 3.63) is 59.4 Å². The number of rotatable bonds is 4. The molecule has 0 saturated heterocycles. The Hall–Kier alpha value is -2.50. The zero-order chi connectivity index (χ0) is 15.4. The molecule has 0 aliphatic heterocycles. The van der Waals surface area contributed by atoms with E-state index in [1.54, 1.807) is 24.3 Å². The minimum Gasteiger partial charge on any atom is -0.399 e. The quantitative estimate of drug-likeness (QED) is 0.671. The lowest BCUT2D eigenvalue weighted by Gasteiger charge is -2.06. The van der Waals surface area contributed by atoms with Gasteiger partial charge in [-0.1, -0.05) is 12.1 Å². The van der Waals surface area contributed by atoms with E-state index in [4.69, 9.17) is 5.73 Å². The number of hydrogen-bond donors (Lipinski definition) is 2. The van der Waals surface area contributed by atoms with Gasteiger partial charge < -0.3 is 11.1 Å². The summed E-state index contributed by atoms with van der Waals surface area (Å²) in [6.45, 7) is 0. The molecule has 110 valence electrons. The molecule has 0 unspecified atom stereocenters. The maximum atomic E-state index is 13.0. The highest BCUT2D eigenvalue weighted by Crippen LogP contribution is 2.17. The van der Waals surface area contributed by atoms with Crippen LogP contribution in [0.4, 0.5) is 24.5 Å². The minimum atomic E-state index is -1.56. The molecule has 3 nitrogen and oxygen atoms in total. The second-order valence-electron chi connectivity index (χ2n) is 4.54. The summed E-state index contributed by atoms with van der Waals surface area (Å²) in [7, 11) is 0. The van der Waals surface area contributed by atoms with Crippen molar-refractivity contribution in [2.45, 2.75) is 12.8 Å². The number of carbonyl (C=O) groups excluding carboxylic acids is 1. The van der Waals surface area contributed by atoms with Crippen molar-refractivity contribution in [1.82, 2.24) is 0 Å². The number of benzene rings is 2. The summed E-state index contributed by atoms with van der Waals surface area (Å²) in [5.74, 6) is -4.67. The molecular weight excluding hydrogens is 281 g/mol. The lowest BCUT2D eigenvalue weighted by molar-refractivity contribution is -0.116. The normalized spacial score (nSPS) is 10.4. The molecule has 0 atom stereocenters. The largest absolute Gasteiger partial charge is 0.399 e. The van der Waals surface area contributed by atoms with Gasteiger partial charge in [0.2, 0.25) is 5.91 Å². The van der Waals surface area contributed by atoms with Gasteiger partial charge in [-0.3, -0.25) is 4.79 Å². The van der Waals surface area contributed by atoms with E-state index in [2.05, 4.69) is 5.32 Å². The Bertz CT molecular complexity index is 633. The molecule has 0 aromatic heterocycles. The van der Waals surface area contributed by atoms with Crippen LogP contribution in [0.2, 0.25) is 0 Å². The molecule has 0 heterocycles. The van der Waals surface area contributed by atoms with Crippen LogP contribution in [0, 0.1) is 17.5 Å². The molecular formula is C15H13F3N2O. The summed E-state index contributed by atoms with van der Waals surface area (Å²) in [6, 6.07) is 8.49. The third-order valence-corrected chi connectivity index (χ3v) is 2.89. The Kier molecular flexibility index (Phi) is 4.47. The number of hydrogen-bond acceptors (Lipinski definition) is 2. The molecule has 0 spiro atoms. The number of nitrogen functional groups attached to an aromatic ring is 1. The molecule has 2 rings (SSSR count). The van der Waals surface area contributed by atoms with E-state index in [0.29, 0.717) is 12.1 Å². The zero-order valence-electron chi connectivity index (χ0n) is 11.0. The lowest BCUT2D eigenvalue weighted by atomic mass is 10.1. The molecule has 0 saturated carbocycles. The maximum Gasteiger partial charge on any atom is 0.224 e. The predicted molar refractivity (Wildman–Crippen MR) is 74.1 cm³/mol. The molecule has 6 heteroatoms. The van der Waals surface area contributed by atoms with E-state index in [1.807, 2.05) is 0 Å². The van der Waals surface area contributed by atoms with Gasteiger partial charge in [-0.25, -0.2) is 13.2 Å². The fourth-order valence-corrected chi connectivity index (χ4v) is 1.79. The Morgan fingerprint density at radius 3 is 2.19 bits per heavy atom. The Morgan fingerprint density at radius 2 is 1.62 bits per heavy atom. The van der Waals surface area contributed by atoms with Crippen molar-refractivity contribution in [3.63, 3.8) is 0 Å². The molecule has 2 aromatic rings. The van der Waals surface area contributed by atoms with Crippen molar-refractivity contribution in [2.75, 3.05) is 11.1 Å². The Labute approximate surface area is 119 Å². The van der Waals surface area contributed by atoms with Crippen molar-refractivity contribution in [3.8, 4) is 0 Å². The van der Waals surface area contributed by atoms with Gasteiger partial charge in [0, 0.05) is 29.9 Å². The highest BCUT2D eigenvalue weighted by atomic mass is 19.2. The lowest BCUT2D eigenvalue weighted by Crippen LogP contribution is -2.13. The Balaban J connectivity index is 1.94. The van der Waals surface area contributed by atoms with Gasteiger partial charge in [0.1, 0.15) is 0 Å². The standard InChI is InChI=1S/C15H13F3N2O/c16-12-7-11(8-13(17)15(12)18)20-14(21)6-3-9-1-4-10(19)5-2-9/h1-2,4-5,7-8H,3,6,19H2,(H,20,21). The predicted octanol–water partition coefficient (Wildman–Crippen LogP) is 3.26. The number of nitrogens with one attached hydrogen (secondary N) is 1. The van der Waals surface area contributed by atoms with E-state index in [1.165, 1.54) is 0 Å². The molecule has 0 bridgehead atoms. The number of nitrogens with two attached hydrogens (primary N) is 1. The number of aryl methyl sites for hydroxylation is 1. The molecule has 0 aliphatic rings. The molecule has 0 aliphatic carbocycles. The summed E-state index contributed by atoms with van der Waals surface area (Å²) in [5.41, 5.74) is 6.97. The second kappa shape index (κ2) is 6.30. The van der Waals surface area contributed by atoms with Gasteiger partial charge >= 0.3 is 0 Å². The van der Waals surface area contributed by atoms with Crippen LogP contribution in [0.25, 0.3) is 0 Å². The summed E-state index contributed by atoms with van der Waals surface area (Å²) in [6.07, 6.45) is 0.586. The van der Waals surface area contributed by atoms with Gasteiger partial charge in [0.05, 0.1) is 0 Å². The fraction of sp³-hybridized carbons (Fsp3) is 0.133. The first-order valence-corrected chi connectivity index (χ1v) is 6.24. The highest BCUT2D eigenvalue weighted by Gasteiger charge is 2.12. The van der Waals surface area contributed by atoms with Crippen LogP contribution in [0.3, 0.4) is 0 Å². The van der Waals surface area contributed by atoms with Gasteiger partial charge in [-0.05, 0) is 24.1 Å². The van der Waals surface area contributed by atoms with Crippen molar-refractivity contribution in [1.29, 1.82) is 0 Å². The van der Waals surface area contributed by atoms with Crippen LogP contribution in [0.5, 0.6) is 0 Å². The molecule has 1 amide bonds. The van der Waals surface area contributed by atoms with Crippen LogP contribution >= 0.6 is 0 Å². The first kappa shape index (κ1) is 14.9. The minimum absolute atomic E-state index is 0.117. The van der Waals surface area contributed by atoms with E-state index >= 15 is 0 Å². The van der Waals surface area contributed by atoms with E-state index < -0.39 is 23.4 Å². The summed E-state index contributed by atoms with van der Waals surface area (Å²) < 4.78 is 38.8. The van der Waals surface area contributed by atoms with Gasteiger partial charge in [-0.2, -0.15) is 0 Å².